The lowest BCUT2D eigenvalue weighted by atomic mass is 10.1. The van der Waals surface area contributed by atoms with Crippen molar-refractivity contribution in [1.29, 1.82) is 0 Å². The molecule has 1 aliphatic heterocycles. The van der Waals surface area contributed by atoms with Gasteiger partial charge in [0.1, 0.15) is 0 Å². The van der Waals surface area contributed by atoms with Crippen molar-refractivity contribution in [2.75, 3.05) is 26.2 Å². The number of aromatic nitrogens is 1. The lowest BCUT2D eigenvalue weighted by Crippen LogP contribution is -2.49. The summed E-state index contributed by atoms with van der Waals surface area (Å²) >= 11 is 1.69. The summed E-state index contributed by atoms with van der Waals surface area (Å²) in [5.74, 6) is 0.282. The van der Waals surface area contributed by atoms with Crippen LogP contribution in [0.2, 0.25) is 0 Å². The van der Waals surface area contributed by atoms with E-state index in [9.17, 15) is 4.79 Å². The molecule has 0 bridgehead atoms. The molecule has 1 fully saturated rings. The number of aryl methyl sites for hydroxylation is 1. The van der Waals surface area contributed by atoms with Gasteiger partial charge < -0.3 is 4.90 Å². The molecule has 3 heterocycles. The third-order valence-corrected chi connectivity index (χ3v) is 5.32. The van der Waals surface area contributed by atoms with Crippen LogP contribution in [0.25, 0.3) is 0 Å². The van der Waals surface area contributed by atoms with Crippen LogP contribution in [-0.2, 0) is 11.2 Å². The minimum Gasteiger partial charge on any atom is -0.340 e. The second-order valence-electron chi connectivity index (χ2n) is 6.01. The van der Waals surface area contributed by atoms with Gasteiger partial charge in [-0.25, -0.2) is 0 Å². The van der Waals surface area contributed by atoms with E-state index in [1.807, 2.05) is 17.2 Å². The summed E-state index contributed by atoms with van der Waals surface area (Å²) in [7, 11) is 0. The number of nitrogens with zero attached hydrogens (tertiary/aromatic N) is 3. The Kier molecular flexibility index (Phi) is 5.41. The first-order chi connectivity index (χ1) is 11.2. The zero-order valence-corrected chi connectivity index (χ0v) is 14.3. The number of pyridine rings is 1. The van der Waals surface area contributed by atoms with Crippen molar-refractivity contribution in [3.05, 3.63) is 52.5 Å². The average Bonchev–Trinajstić information content (AvgIpc) is 3.13. The predicted molar refractivity (Wildman–Crippen MR) is 93.4 cm³/mol. The van der Waals surface area contributed by atoms with Gasteiger partial charge in [-0.15, -0.1) is 0 Å². The predicted octanol–water partition coefficient (Wildman–Crippen LogP) is 2.98. The van der Waals surface area contributed by atoms with Gasteiger partial charge >= 0.3 is 0 Å². The van der Waals surface area contributed by atoms with Gasteiger partial charge in [0.05, 0.1) is 0 Å². The topological polar surface area (TPSA) is 36.4 Å². The molecular weight excluding hydrogens is 306 g/mol. The van der Waals surface area contributed by atoms with E-state index in [4.69, 9.17) is 0 Å². The molecule has 0 aliphatic carbocycles. The Labute approximate surface area is 141 Å². The Balaban J connectivity index is 1.47. The third-order valence-electron chi connectivity index (χ3n) is 4.59. The number of rotatable bonds is 5. The zero-order chi connectivity index (χ0) is 16.1. The molecule has 23 heavy (non-hydrogen) atoms. The number of thiophene rings is 1. The first kappa shape index (κ1) is 16.1. The fourth-order valence-electron chi connectivity index (χ4n) is 3.04. The minimum absolute atomic E-state index is 0.282. The number of hydrogen-bond donors (Lipinski definition) is 0. The largest absolute Gasteiger partial charge is 0.340 e. The molecule has 1 aliphatic rings. The smallest absolute Gasteiger partial charge is 0.222 e. The van der Waals surface area contributed by atoms with Crippen LogP contribution in [0.4, 0.5) is 0 Å². The second kappa shape index (κ2) is 7.70. The molecule has 3 rings (SSSR count). The normalized spacial score (nSPS) is 17.2. The van der Waals surface area contributed by atoms with Gasteiger partial charge in [0, 0.05) is 51.0 Å². The van der Waals surface area contributed by atoms with Gasteiger partial charge in [-0.2, -0.15) is 11.3 Å². The van der Waals surface area contributed by atoms with Crippen LogP contribution in [0, 0.1) is 0 Å². The number of piperazine rings is 1. The Morgan fingerprint density at radius 1 is 1.30 bits per heavy atom. The van der Waals surface area contributed by atoms with Crippen LogP contribution in [-0.4, -0.2) is 46.9 Å². The summed E-state index contributed by atoms with van der Waals surface area (Å²) in [6.45, 7) is 5.73. The molecule has 4 nitrogen and oxygen atoms in total. The molecule has 0 aromatic carbocycles. The summed E-state index contributed by atoms with van der Waals surface area (Å²) in [6, 6.07) is 6.56. The van der Waals surface area contributed by atoms with Crippen molar-refractivity contribution in [2.24, 2.45) is 0 Å². The van der Waals surface area contributed by atoms with Crippen molar-refractivity contribution in [1.82, 2.24) is 14.8 Å². The van der Waals surface area contributed by atoms with Crippen LogP contribution < -0.4 is 0 Å². The van der Waals surface area contributed by atoms with E-state index in [-0.39, 0.29) is 5.91 Å². The molecular formula is C18H23N3OS. The van der Waals surface area contributed by atoms with E-state index >= 15 is 0 Å². The maximum Gasteiger partial charge on any atom is 0.222 e. The maximum atomic E-state index is 12.3. The SMILES string of the molecule is CC(c1cccnc1)N1CCN(C(=O)CCc2ccsc2)CC1. The van der Waals surface area contributed by atoms with Gasteiger partial charge in [0.2, 0.25) is 5.91 Å². The monoisotopic (exact) mass is 329 g/mol. The molecule has 0 radical (unpaired) electrons. The standard InChI is InChI=1S/C18H23N3OS/c1-15(17-3-2-7-19-13-17)20-8-10-21(11-9-20)18(22)5-4-16-6-12-23-14-16/h2-3,6-7,12-15H,4-5,8-11H2,1H3. The fraction of sp³-hybridized carbons (Fsp3) is 0.444. The molecule has 1 amide bonds. The Morgan fingerprint density at radius 3 is 2.78 bits per heavy atom. The van der Waals surface area contributed by atoms with E-state index < -0.39 is 0 Å². The third kappa shape index (κ3) is 4.18. The highest BCUT2D eigenvalue weighted by molar-refractivity contribution is 7.07. The zero-order valence-electron chi connectivity index (χ0n) is 13.5. The molecule has 0 saturated carbocycles. The number of hydrogen-bond acceptors (Lipinski definition) is 4. The summed E-state index contributed by atoms with van der Waals surface area (Å²) in [5.41, 5.74) is 2.51. The van der Waals surface area contributed by atoms with E-state index in [1.54, 1.807) is 17.5 Å². The highest BCUT2D eigenvalue weighted by atomic mass is 32.1. The van der Waals surface area contributed by atoms with Gasteiger partial charge in [0.15, 0.2) is 0 Å². The van der Waals surface area contributed by atoms with Gasteiger partial charge in [-0.05, 0) is 47.4 Å². The minimum atomic E-state index is 0.282. The highest BCUT2D eigenvalue weighted by Crippen LogP contribution is 2.21. The van der Waals surface area contributed by atoms with E-state index in [0.717, 1.165) is 32.6 Å². The average molecular weight is 329 g/mol. The number of carbonyl (C=O) groups is 1. The summed E-state index contributed by atoms with van der Waals surface area (Å²) < 4.78 is 0. The molecule has 2 aromatic rings. The Hall–Kier alpha value is -1.72. The van der Waals surface area contributed by atoms with Crippen LogP contribution in [0.15, 0.2) is 41.4 Å². The summed E-state index contributed by atoms with van der Waals surface area (Å²) in [4.78, 5) is 21.0. The quantitative estimate of drug-likeness (QED) is 0.846. The number of carbonyl (C=O) groups excluding carboxylic acids is 1. The van der Waals surface area contributed by atoms with E-state index in [0.29, 0.717) is 12.5 Å². The van der Waals surface area contributed by atoms with Crippen molar-refractivity contribution in [3.8, 4) is 0 Å². The first-order valence-corrected chi connectivity index (χ1v) is 9.11. The van der Waals surface area contributed by atoms with Crippen molar-refractivity contribution in [2.45, 2.75) is 25.8 Å². The second-order valence-corrected chi connectivity index (χ2v) is 6.79. The van der Waals surface area contributed by atoms with Crippen molar-refractivity contribution < 1.29 is 4.79 Å². The molecule has 1 saturated heterocycles. The molecule has 2 aromatic heterocycles. The fourth-order valence-corrected chi connectivity index (χ4v) is 3.74. The van der Waals surface area contributed by atoms with Gasteiger partial charge in [-0.1, -0.05) is 6.07 Å². The highest BCUT2D eigenvalue weighted by Gasteiger charge is 2.24. The Bertz CT molecular complexity index is 606. The molecule has 0 spiro atoms. The van der Waals surface area contributed by atoms with E-state index in [1.165, 1.54) is 11.1 Å². The molecule has 0 N–H and O–H groups in total. The van der Waals surface area contributed by atoms with Crippen LogP contribution >= 0.6 is 11.3 Å². The van der Waals surface area contributed by atoms with Crippen LogP contribution in [0.1, 0.15) is 30.5 Å². The molecule has 122 valence electrons. The Morgan fingerprint density at radius 2 is 2.13 bits per heavy atom. The van der Waals surface area contributed by atoms with Crippen molar-refractivity contribution >= 4 is 17.2 Å². The first-order valence-electron chi connectivity index (χ1n) is 8.17. The van der Waals surface area contributed by atoms with Crippen LogP contribution in [0.3, 0.4) is 0 Å². The van der Waals surface area contributed by atoms with E-state index in [2.05, 4.69) is 39.7 Å². The molecule has 1 unspecified atom stereocenters. The summed E-state index contributed by atoms with van der Waals surface area (Å²) in [6.07, 6.45) is 5.22. The molecule has 1 atom stereocenters. The van der Waals surface area contributed by atoms with Crippen LogP contribution in [0.5, 0.6) is 0 Å². The van der Waals surface area contributed by atoms with Gasteiger partial charge in [0.25, 0.3) is 0 Å². The number of amides is 1. The molecule has 5 heteroatoms. The lowest BCUT2D eigenvalue weighted by Gasteiger charge is -2.38. The van der Waals surface area contributed by atoms with Gasteiger partial charge in [-0.3, -0.25) is 14.7 Å². The van der Waals surface area contributed by atoms with Crippen molar-refractivity contribution in [3.63, 3.8) is 0 Å². The lowest BCUT2D eigenvalue weighted by molar-refractivity contribution is -0.133. The summed E-state index contributed by atoms with van der Waals surface area (Å²) in [5, 5.41) is 4.19. The maximum absolute atomic E-state index is 12.3.